The van der Waals surface area contributed by atoms with E-state index in [-0.39, 0.29) is 28.5 Å². The topological polar surface area (TPSA) is 188 Å². The number of Topliss-reactive ketones (excluding diaryl/α,β-unsaturated/α-hetero) is 1. The highest BCUT2D eigenvalue weighted by molar-refractivity contribution is 7.91. The Balaban J connectivity index is 1.52. The van der Waals surface area contributed by atoms with Crippen molar-refractivity contribution >= 4 is 50.9 Å². The molecule has 5 N–H and O–H groups in total. The number of carbonyl (C=O) groups is 5. The first-order valence-electron chi connectivity index (χ1n) is 17.2. The van der Waals surface area contributed by atoms with Gasteiger partial charge in [0.15, 0.2) is 0 Å². The van der Waals surface area contributed by atoms with Crippen LogP contribution in [0.15, 0.2) is 21.7 Å². The lowest BCUT2D eigenvalue weighted by molar-refractivity contribution is -0.144. The van der Waals surface area contributed by atoms with Crippen molar-refractivity contribution in [2.24, 2.45) is 34.3 Å². The van der Waals surface area contributed by atoms with E-state index >= 15 is 0 Å². The number of hydrogen-bond donors (Lipinski definition) is 4. The Morgan fingerprint density at radius 1 is 0.980 bits per heavy atom. The minimum absolute atomic E-state index is 0.00490. The number of nitrogens with one attached hydrogen (secondary N) is 3. The summed E-state index contributed by atoms with van der Waals surface area (Å²) in [7, 11) is -2.30. The normalized spacial score (nSPS) is 23.3. The summed E-state index contributed by atoms with van der Waals surface area (Å²) in [6.45, 7) is 11.5. The van der Waals surface area contributed by atoms with E-state index in [1.807, 2.05) is 41.5 Å². The molecular weight excluding hydrogens is 669 g/mol. The Kier molecular flexibility index (Phi) is 11.9. The van der Waals surface area contributed by atoms with Gasteiger partial charge in [0.1, 0.15) is 16.3 Å². The number of likely N-dealkylation sites (tertiary alicyclic amines) is 1. The van der Waals surface area contributed by atoms with Gasteiger partial charge in [0.05, 0.1) is 6.04 Å². The van der Waals surface area contributed by atoms with Crippen molar-refractivity contribution in [3.63, 3.8) is 0 Å². The van der Waals surface area contributed by atoms with Crippen LogP contribution in [0, 0.1) is 28.6 Å². The molecule has 0 radical (unpaired) electrons. The quantitative estimate of drug-likeness (QED) is 0.225. The van der Waals surface area contributed by atoms with Gasteiger partial charge >= 0.3 is 6.03 Å². The summed E-state index contributed by atoms with van der Waals surface area (Å²) in [6, 6.07) is -1.01. The lowest BCUT2D eigenvalue weighted by Crippen LogP contribution is -2.62. The average Bonchev–Trinajstić information content (AvgIpc) is 3.73. The fourth-order valence-corrected chi connectivity index (χ4v) is 9.58. The molecule has 1 aromatic rings. The van der Waals surface area contributed by atoms with Gasteiger partial charge in [-0.3, -0.25) is 19.2 Å². The largest absolute Gasteiger partial charge is 0.363 e. The van der Waals surface area contributed by atoms with Crippen molar-refractivity contribution in [3.05, 3.63) is 17.5 Å². The van der Waals surface area contributed by atoms with E-state index in [0.29, 0.717) is 13.0 Å². The molecule has 0 spiro atoms. The highest BCUT2D eigenvalue weighted by Gasteiger charge is 2.52. The van der Waals surface area contributed by atoms with E-state index in [0.717, 1.165) is 49.9 Å². The zero-order valence-electron chi connectivity index (χ0n) is 29.8. The van der Waals surface area contributed by atoms with Gasteiger partial charge in [0, 0.05) is 26.2 Å². The van der Waals surface area contributed by atoms with Crippen LogP contribution < -0.4 is 21.7 Å². The lowest BCUT2D eigenvalue weighted by atomic mass is 9.80. The summed E-state index contributed by atoms with van der Waals surface area (Å²) < 4.78 is 27.7. The number of thiophene rings is 1. The van der Waals surface area contributed by atoms with Gasteiger partial charge in [-0.2, -0.15) is 4.31 Å². The van der Waals surface area contributed by atoms with Gasteiger partial charge in [-0.1, -0.05) is 73.3 Å². The lowest BCUT2D eigenvalue weighted by Gasteiger charge is -2.38. The Bertz CT molecular complexity index is 1500. The number of carbonyl (C=O) groups excluding carboxylic acids is 5. The van der Waals surface area contributed by atoms with E-state index in [1.54, 1.807) is 11.4 Å². The van der Waals surface area contributed by atoms with Crippen molar-refractivity contribution in [1.82, 2.24) is 25.2 Å². The summed E-state index contributed by atoms with van der Waals surface area (Å²) in [6.07, 6.45) is 5.69. The maximum Gasteiger partial charge on any atom is 0.315 e. The van der Waals surface area contributed by atoms with Crippen molar-refractivity contribution < 1.29 is 32.4 Å². The molecule has 274 valence electrons. The van der Waals surface area contributed by atoms with Crippen LogP contribution in [-0.2, 0) is 29.2 Å². The van der Waals surface area contributed by atoms with Crippen LogP contribution >= 0.6 is 11.3 Å². The molecule has 6 atom stereocenters. The molecule has 5 amide bonds. The van der Waals surface area contributed by atoms with E-state index in [9.17, 15) is 32.4 Å². The van der Waals surface area contributed by atoms with Crippen LogP contribution in [-0.4, -0.2) is 91.5 Å². The zero-order valence-corrected chi connectivity index (χ0v) is 31.4. The third kappa shape index (κ3) is 9.01. The molecule has 1 saturated heterocycles. The first-order valence-corrected chi connectivity index (χ1v) is 19.5. The second kappa shape index (κ2) is 15.1. The molecule has 0 aromatic carbocycles. The summed E-state index contributed by atoms with van der Waals surface area (Å²) in [5.74, 6) is -2.65. The van der Waals surface area contributed by atoms with Crippen molar-refractivity contribution in [3.8, 4) is 0 Å². The maximum absolute atomic E-state index is 14.4. The number of likely N-dealkylation sites (N-methyl/N-ethyl adjacent to an activating group) is 1. The molecule has 49 heavy (non-hydrogen) atoms. The first kappa shape index (κ1) is 38.8. The molecule has 4 rings (SSSR count). The SMILES string of the molecule is CN(C[C@@H](NC(=O)N[C@H](C(=O)N1C[C@@H]2CCC[C@@H]2[C@H]1C(=O)NC(CC1CCC1)C(=O)C(N)=O)C(C)(C)C)C(C)(C)C)S(=O)(=O)c1cccs1. The Labute approximate surface area is 294 Å². The minimum Gasteiger partial charge on any atom is -0.363 e. The zero-order chi connectivity index (χ0) is 36.5. The molecule has 1 aromatic heterocycles. The van der Waals surface area contributed by atoms with Gasteiger partial charge in [0.25, 0.3) is 15.9 Å². The number of hydrogen-bond acceptors (Lipinski definition) is 8. The molecule has 1 unspecified atom stereocenters. The molecule has 13 nitrogen and oxygen atoms in total. The number of nitrogens with zero attached hydrogens (tertiary/aromatic N) is 2. The second-order valence-corrected chi connectivity index (χ2v) is 19.4. The summed E-state index contributed by atoms with van der Waals surface area (Å²) in [5.41, 5.74) is 4.03. The number of amides is 5. The molecule has 3 aliphatic rings. The smallest absolute Gasteiger partial charge is 0.315 e. The van der Waals surface area contributed by atoms with Crippen molar-refractivity contribution in [1.29, 1.82) is 0 Å². The molecule has 1 aliphatic heterocycles. The van der Waals surface area contributed by atoms with E-state index < -0.39 is 74.6 Å². The van der Waals surface area contributed by atoms with E-state index in [2.05, 4.69) is 16.0 Å². The maximum atomic E-state index is 14.4. The second-order valence-electron chi connectivity index (χ2n) is 16.2. The standard InChI is InChI=1S/C34H54N6O7S2/c1-33(2,3)24(19-39(7)49(46,47)25-15-10-16-48-25)37-32(45)38-28(34(4,5)6)31(44)40-18-21-13-9-14-22(21)26(40)30(43)36-23(27(41)29(35)42)17-20-11-8-12-20/h10,15-16,20-24,26,28H,8-9,11-14,17-19H2,1-7H3,(H2,35,42)(H,36,43)(H2,37,38,45)/t21-,22-,23?,24+,26-,28+/m0/s1. The van der Waals surface area contributed by atoms with Crippen molar-refractivity contribution in [2.75, 3.05) is 20.1 Å². The fourth-order valence-electron chi connectivity index (χ4n) is 7.19. The highest BCUT2D eigenvalue weighted by Crippen LogP contribution is 2.43. The van der Waals surface area contributed by atoms with Crippen LogP contribution in [0.2, 0.25) is 0 Å². The molecular formula is C34H54N6O7S2. The van der Waals surface area contributed by atoms with Gasteiger partial charge < -0.3 is 26.6 Å². The highest BCUT2D eigenvalue weighted by atomic mass is 32.2. The molecule has 0 bridgehead atoms. The van der Waals surface area contributed by atoms with Gasteiger partial charge in [-0.05, 0) is 59.3 Å². The number of ketones is 1. The predicted octanol–water partition coefficient (Wildman–Crippen LogP) is 2.85. The molecule has 3 fully saturated rings. The summed E-state index contributed by atoms with van der Waals surface area (Å²) >= 11 is 1.12. The third-order valence-electron chi connectivity index (χ3n) is 10.5. The van der Waals surface area contributed by atoms with E-state index in [4.69, 9.17) is 5.73 Å². The van der Waals surface area contributed by atoms with Crippen LogP contribution in [0.1, 0.15) is 86.5 Å². The minimum atomic E-state index is -3.77. The summed E-state index contributed by atoms with van der Waals surface area (Å²) in [5, 5.41) is 10.3. The van der Waals surface area contributed by atoms with Gasteiger partial charge in [0.2, 0.25) is 17.6 Å². The van der Waals surface area contributed by atoms with Gasteiger partial charge in [-0.25, -0.2) is 13.2 Å². The van der Waals surface area contributed by atoms with Gasteiger partial charge in [-0.15, -0.1) is 11.3 Å². The van der Waals surface area contributed by atoms with Crippen LogP contribution in [0.25, 0.3) is 0 Å². The third-order valence-corrected chi connectivity index (χ3v) is 13.6. The number of nitrogens with two attached hydrogens (primary N) is 1. The fraction of sp³-hybridized carbons (Fsp3) is 0.735. The molecule has 2 aliphatic carbocycles. The number of urea groups is 1. The molecule has 2 saturated carbocycles. The van der Waals surface area contributed by atoms with Crippen LogP contribution in [0.5, 0.6) is 0 Å². The predicted molar refractivity (Wildman–Crippen MR) is 187 cm³/mol. The Morgan fingerprint density at radius 2 is 1.63 bits per heavy atom. The summed E-state index contributed by atoms with van der Waals surface area (Å²) in [4.78, 5) is 68.2. The van der Waals surface area contributed by atoms with Crippen LogP contribution in [0.4, 0.5) is 4.79 Å². The number of fused-ring (bicyclic) bond motifs is 1. The number of primary amides is 1. The Hall–Kier alpha value is -3.04. The number of rotatable bonds is 13. The molecule has 15 heteroatoms. The van der Waals surface area contributed by atoms with Crippen LogP contribution in [0.3, 0.4) is 0 Å². The monoisotopic (exact) mass is 722 g/mol. The molecule has 2 heterocycles. The Morgan fingerprint density at radius 3 is 2.16 bits per heavy atom. The first-order chi connectivity index (χ1) is 22.7. The van der Waals surface area contributed by atoms with Crippen molar-refractivity contribution in [2.45, 2.75) is 115 Å². The average molecular weight is 723 g/mol. The van der Waals surface area contributed by atoms with E-state index in [1.165, 1.54) is 22.3 Å². The number of sulfonamides is 1.